The highest BCUT2D eigenvalue weighted by Crippen LogP contribution is 2.28. The molecule has 8 nitrogen and oxygen atoms in total. The Bertz CT molecular complexity index is 780. The van der Waals surface area contributed by atoms with E-state index in [1.54, 1.807) is 6.07 Å². The van der Waals surface area contributed by atoms with Gasteiger partial charge in [0, 0.05) is 17.0 Å². The highest BCUT2D eigenvalue weighted by Gasteiger charge is 2.14. The lowest BCUT2D eigenvalue weighted by molar-refractivity contribution is -0.385. The van der Waals surface area contributed by atoms with Crippen molar-refractivity contribution >= 4 is 23.3 Å². The van der Waals surface area contributed by atoms with Crippen LogP contribution in [0.5, 0.6) is 0 Å². The molecule has 0 aliphatic heterocycles. The topological polar surface area (TPSA) is 139 Å². The molecule has 0 saturated carbocycles. The third kappa shape index (κ3) is 2.93. The lowest BCUT2D eigenvalue weighted by Crippen LogP contribution is -2.09. The average Bonchev–Trinajstić information content (AvgIpc) is 2.37. The fourth-order valence-electron chi connectivity index (χ4n) is 1.44. The zero-order chi connectivity index (χ0) is 14.7. The minimum atomic E-state index is -0.631. The van der Waals surface area contributed by atoms with E-state index < -0.39 is 10.5 Å². The van der Waals surface area contributed by atoms with E-state index in [9.17, 15) is 14.9 Å². The minimum absolute atomic E-state index is 0.0637. The number of anilines is 1. The number of nitrogens with one attached hydrogen (secondary N) is 1. The summed E-state index contributed by atoms with van der Waals surface area (Å²) in [6.07, 6.45) is 0. The number of H-pyrrole nitrogens is 1. The quantitative estimate of drug-likeness (QED) is 0.493. The normalized spacial score (nSPS) is 9.95. The maximum atomic E-state index is 11.2. The number of benzene rings is 1. The fourth-order valence-corrected chi connectivity index (χ4v) is 2.28. The molecule has 2 rings (SSSR count). The summed E-state index contributed by atoms with van der Waals surface area (Å²) >= 11 is 1.05. The molecule has 0 bridgehead atoms. The fraction of sp³-hybridized carbons (Fsp3) is 0. The molecule has 0 aliphatic rings. The van der Waals surface area contributed by atoms with Crippen molar-refractivity contribution in [3.05, 3.63) is 50.3 Å². The van der Waals surface area contributed by atoms with E-state index in [0.29, 0.717) is 4.90 Å². The second-order valence-electron chi connectivity index (χ2n) is 3.63. The molecule has 20 heavy (non-hydrogen) atoms. The molecule has 1 aromatic heterocycles. The van der Waals surface area contributed by atoms with Crippen LogP contribution in [-0.2, 0) is 0 Å². The van der Waals surface area contributed by atoms with Crippen LogP contribution in [0.25, 0.3) is 0 Å². The van der Waals surface area contributed by atoms with Crippen LogP contribution >= 0.6 is 11.8 Å². The van der Waals surface area contributed by atoms with Crippen LogP contribution in [0.4, 0.5) is 11.5 Å². The molecule has 0 unspecified atom stereocenters. The second-order valence-corrected chi connectivity index (χ2v) is 4.69. The highest BCUT2D eigenvalue weighted by atomic mass is 32.2. The van der Waals surface area contributed by atoms with Crippen LogP contribution < -0.4 is 11.3 Å². The summed E-state index contributed by atoms with van der Waals surface area (Å²) in [4.78, 5) is 28.2. The van der Waals surface area contributed by atoms with E-state index in [1.165, 1.54) is 18.2 Å². The maximum absolute atomic E-state index is 11.2. The molecule has 0 atom stereocenters. The molecule has 0 amide bonds. The van der Waals surface area contributed by atoms with Crippen LogP contribution in [0.3, 0.4) is 0 Å². The Morgan fingerprint density at radius 2 is 2.20 bits per heavy atom. The van der Waals surface area contributed by atoms with E-state index in [-0.39, 0.29) is 22.2 Å². The van der Waals surface area contributed by atoms with Gasteiger partial charge in [0.05, 0.1) is 4.92 Å². The van der Waals surface area contributed by atoms with Gasteiger partial charge in [0.15, 0.2) is 5.16 Å². The van der Waals surface area contributed by atoms with Crippen molar-refractivity contribution in [1.82, 2.24) is 9.97 Å². The Balaban J connectivity index is 2.37. The Morgan fingerprint density at radius 1 is 1.45 bits per heavy atom. The number of hydrogen-bond acceptors (Lipinski definition) is 7. The predicted octanol–water partition coefficient (Wildman–Crippen LogP) is 1.28. The molecule has 3 N–H and O–H groups in total. The molecule has 0 aliphatic carbocycles. The molecular weight excluding hydrogens is 282 g/mol. The van der Waals surface area contributed by atoms with Gasteiger partial charge in [0.1, 0.15) is 17.5 Å². The van der Waals surface area contributed by atoms with Crippen molar-refractivity contribution in [2.24, 2.45) is 0 Å². The lowest BCUT2D eigenvalue weighted by Gasteiger charge is -2.02. The van der Waals surface area contributed by atoms with Crippen LogP contribution in [-0.4, -0.2) is 14.9 Å². The third-order valence-electron chi connectivity index (χ3n) is 2.24. The van der Waals surface area contributed by atoms with Crippen LogP contribution in [0.1, 0.15) is 5.56 Å². The Kier molecular flexibility index (Phi) is 3.67. The predicted molar refractivity (Wildman–Crippen MR) is 71.2 cm³/mol. The molecule has 0 saturated heterocycles. The molecule has 0 spiro atoms. The number of nitrogens with zero attached hydrogens (tertiary/aromatic N) is 3. The van der Waals surface area contributed by atoms with Gasteiger partial charge >= 0.3 is 0 Å². The molecule has 2 aromatic rings. The Morgan fingerprint density at radius 3 is 2.80 bits per heavy atom. The zero-order valence-electron chi connectivity index (χ0n) is 9.86. The van der Waals surface area contributed by atoms with Crippen LogP contribution in [0.15, 0.2) is 39.1 Å². The first-order valence-electron chi connectivity index (χ1n) is 5.23. The van der Waals surface area contributed by atoms with E-state index in [2.05, 4.69) is 9.97 Å². The number of nitriles is 1. The highest BCUT2D eigenvalue weighted by molar-refractivity contribution is 7.99. The van der Waals surface area contributed by atoms with Gasteiger partial charge in [-0.15, -0.1) is 0 Å². The van der Waals surface area contributed by atoms with E-state index >= 15 is 0 Å². The molecule has 9 heteroatoms. The number of aromatic amines is 1. The maximum Gasteiger partial charge on any atom is 0.287 e. The summed E-state index contributed by atoms with van der Waals surface area (Å²) in [6.45, 7) is 0. The average molecular weight is 289 g/mol. The van der Waals surface area contributed by atoms with Gasteiger partial charge in [0.25, 0.3) is 11.2 Å². The van der Waals surface area contributed by atoms with Gasteiger partial charge in [-0.3, -0.25) is 14.9 Å². The van der Waals surface area contributed by atoms with Gasteiger partial charge in [0.2, 0.25) is 0 Å². The summed E-state index contributed by atoms with van der Waals surface area (Å²) < 4.78 is 0. The van der Waals surface area contributed by atoms with E-state index in [1.807, 2.05) is 0 Å². The first-order chi connectivity index (χ1) is 9.49. The molecule has 1 aromatic carbocycles. The van der Waals surface area contributed by atoms with Crippen molar-refractivity contribution in [2.75, 3.05) is 5.73 Å². The molecule has 100 valence electrons. The minimum Gasteiger partial charge on any atom is -0.383 e. The smallest absolute Gasteiger partial charge is 0.287 e. The van der Waals surface area contributed by atoms with Crippen LogP contribution in [0.2, 0.25) is 0 Å². The summed E-state index contributed by atoms with van der Waals surface area (Å²) in [5, 5.41) is 19.8. The number of hydrogen-bond donors (Lipinski definition) is 2. The third-order valence-corrected chi connectivity index (χ3v) is 3.12. The van der Waals surface area contributed by atoms with Crippen molar-refractivity contribution in [1.29, 1.82) is 5.26 Å². The number of rotatable bonds is 3. The zero-order valence-corrected chi connectivity index (χ0v) is 10.7. The number of nitro groups is 1. The summed E-state index contributed by atoms with van der Waals surface area (Å²) in [6, 6.07) is 6.94. The van der Waals surface area contributed by atoms with Crippen molar-refractivity contribution in [2.45, 2.75) is 10.1 Å². The van der Waals surface area contributed by atoms with Gasteiger partial charge in [-0.2, -0.15) is 5.26 Å². The molecule has 0 fully saturated rings. The lowest BCUT2D eigenvalue weighted by atomic mass is 10.2. The Hall–Kier alpha value is -2.86. The summed E-state index contributed by atoms with van der Waals surface area (Å²) in [7, 11) is 0. The molecule has 1 heterocycles. The largest absolute Gasteiger partial charge is 0.383 e. The van der Waals surface area contributed by atoms with Crippen molar-refractivity contribution < 1.29 is 4.92 Å². The van der Waals surface area contributed by atoms with Gasteiger partial charge in [-0.1, -0.05) is 11.8 Å². The van der Waals surface area contributed by atoms with Crippen molar-refractivity contribution in [3.8, 4) is 6.07 Å². The molecule has 0 radical (unpaired) electrons. The SMILES string of the molecule is N#Cc1cc(Sc2nc(N)cc(=O)[nH]2)ccc1[N+](=O)[O-]. The van der Waals surface area contributed by atoms with Gasteiger partial charge < -0.3 is 10.7 Å². The number of aromatic nitrogens is 2. The van der Waals surface area contributed by atoms with Gasteiger partial charge in [-0.25, -0.2) is 4.98 Å². The van der Waals surface area contributed by atoms with Crippen molar-refractivity contribution in [3.63, 3.8) is 0 Å². The first kappa shape index (κ1) is 13.6. The summed E-state index contributed by atoms with van der Waals surface area (Å²) in [5.74, 6) is 0.0682. The number of nitrogen functional groups attached to an aromatic ring is 1. The standard InChI is InChI=1S/C11H7N5O3S/c12-5-6-3-7(1-2-8(6)16(18)19)20-11-14-9(13)4-10(17)15-11/h1-4H,(H3,13,14,15,17). The monoisotopic (exact) mass is 289 g/mol. The van der Waals surface area contributed by atoms with E-state index in [4.69, 9.17) is 11.0 Å². The Labute approximate surface area is 116 Å². The summed E-state index contributed by atoms with van der Waals surface area (Å²) in [5.41, 5.74) is 4.71. The number of nitrogens with two attached hydrogens (primary N) is 1. The van der Waals surface area contributed by atoms with E-state index in [0.717, 1.165) is 17.8 Å². The molecular formula is C11H7N5O3S. The first-order valence-corrected chi connectivity index (χ1v) is 6.04. The second kappa shape index (κ2) is 5.41. The number of nitro benzene ring substituents is 1. The van der Waals surface area contributed by atoms with Gasteiger partial charge in [-0.05, 0) is 12.1 Å². The van der Waals surface area contributed by atoms with Crippen LogP contribution in [0, 0.1) is 21.4 Å².